The predicted octanol–water partition coefficient (Wildman–Crippen LogP) is 4.61. The van der Waals surface area contributed by atoms with Gasteiger partial charge in [-0.3, -0.25) is 4.79 Å². The minimum absolute atomic E-state index is 0.0932. The van der Waals surface area contributed by atoms with Crippen molar-refractivity contribution in [1.82, 2.24) is 0 Å². The van der Waals surface area contributed by atoms with E-state index in [4.69, 9.17) is 18.9 Å². The van der Waals surface area contributed by atoms with Gasteiger partial charge in [0.15, 0.2) is 17.5 Å². The Kier molecular flexibility index (Phi) is 9.70. The summed E-state index contributed by atoms with van der Waals surface area (Å²) in [6.45, 7) is 13.9. The van der Waals surface area contributed by atoms with Crippen LogP contribution >= 0.6 is 0 Å². The zero-order valence-electron chi connectivity index (χ0n) is 27.6. The number of esters is 2. The lowest BCUT2D eigenvalue weighted by atomic mass is 9.70. The second-order valence-corrected chi connectivity index (χ2v) is 14.4. The first kappa shape index (κ1) is 33.8. The molecule has 0 radical (unpaired) electrons. The summed E-state index contributed by atoms with van der Waals surface area (Å²) in [5.41, 5.74) is 0.369. The van der Waals surface area contributed by atoms with Crippen LogP contribution < -0.4 is 0 Å². The number of hydrogen-bond donors (Lipinski definition) is 3. The zero-order chi connectivity index (χ0) is 32.8. The third-order valence-corrected chi connectivity index (χ3v) is 10.0. The number of hydrogen-bond acceptors (Lipinski definition) is 9. The molecule has 0 aromatic rings. The van der Waals surface area contributed by atoms with Gasteiger partial charge in [-0.25, -0.2) is 4.79 Å². The highest BCUT2D eigenvalue weighted by Crippen LogP contribution is 2.48. The van der Waals surface area contributed by atoms with E-state index in [2.05, 4.69) is 39.8 Å². The molecule has 2 bridgehead atoms. The molecule has 1 aliphatic carbocycles. The van der Waals surface area contributed by atoms with Gasteiger partial charge in [-0.05, 0) is 62.7 Å². The molecule has 3 N–H and O–H groups in total. The largest absolute Gasteiger partial charge is 0.462 e. The summed E-state index contributed by atoms with van der Waals surface area (Å²) in [4.78, 5) is 27.1. The molecule has 9 nitrogen and oxygen atoms in total. The van der Waals surface area contributed by atoms with Gasteiger partial charge in [0.2, 0.25) is 0 Å². The van der Waals surface area contributed by atoms with E-state index in [-0.39, 0.29) is 42.5 Å². The molecule has 0 amide bonds. The number of carbonyl (C=O) groups is 2. The van der Waals surface area contributed by atoms with E-state index in [1.807, 2.05) is 19.9 Å². The molecule has 0 aromatic heterocycles. The van der Waals surface area contributed by atoms with E-state index in [9.17, 15) is 24.9 Å². The molecular weight excluding hydrogens is 576 g/mol. The molecule has 1 spiro atoms. The first-order valence-corrected chi connectivity index (χ1v) is 16.4. The first-order chi connectivity index (χ1) is 21.1. The molecule has 4 heterocycles. The molecule has 3 saturated heterocycles. The summed E-state index contributed by atoms with van der Waals surface area (Å²) in [6.07, 6.45) is 8.33. The molecule has 0 aromatic carbocycles. The van der Waals surface area contributed by atoms with Gasteiger partial charge < -0.3 is 34.3 Å². The van der Waals surface area contributed by atoms with Crippen LogP contribution in [0, 0.1) is 23.7 Å². The van der Waals surface area contributed by atoms with Crippen molar-refractivity contribution in [1.29, 1.82) is 0 Å². The van der Waals surface area contributed by atoms with Crippen LogP contribution in [-0.4, -0.2) is 75.3 Å². The average molecular weight is 627 g/mol. The topological polar surface area (TPSA) is 132 Å². The van der Waals surface area contributed by atoms with Crippen LogP contribution in [0.1, 0.15) is 80.6 Å². The predicted molar refractivity (Wildman–Crippen MR) is 167 cm³/mol. The molecular formula is C36H50O9. The minimum Gasteiger partial charge on any atom is -0.462 e. The molecule has 9 heteroatoms. The van der Waals surface area contributed by atoms with Crippen LogP contribution in [0.15, 0.2) is 58.7 Å². The normalized spacial score (nSPS) is 45.9. The molecule has 248 valence electrons. The Labute approximate surface area is 266 Å². The minimum atomic E-state index is -2.12. The van der Waals surface area contributed by atoms with Crippen LogP contribution in [0.25, 0.3) is 0 Å². The Balaban J connectivity index is 1.54. The summed E-state index contributed by atoms with van der Waals surface area (Å²) in [6, 6.07) is 0. The van der Waals surface area contributed by atoms with Gasteiger partial charge in [-0.2, -0.15) is 0 Å². The molecule has 3 fully saturated rings. The van der Waals surface area contributed by atoms with Crippen LogP contribution in [0.5, 0.6) is 0 Å². The monoisotopic (exact) mass is 626 g/mol. The molecule has 5 aliphatic rings. The van der Waals surface area contributed by atoms with Gasteiger partial charge in [-0.1, -0.05) is 63.6 Å². The van der Waals surface area contributed by atoms with E-state index in [0.717, 1.165) is 17.6 Å². The number of ether oxygens (including phenoxy) is 4. The summed E-state index contributed by atoms with van der Waals surface area (Å²) in [7, 11) is 0. The summed E-state index contributed by atoms with van der Waals surface area (Å²) >= 11 is 0. The Morgan fingerprint density at radius 2 is 1.80 bits per heavy atom. The number of rotatable bonds is 2. The van der Waals surface area contributed by atoms with Crippen LogP contribution in [0.2, 0.25) is 0 Å². The maximum absolute atomic E-state index is 14.0. The molecule has 0 unspecified atom stereocenters. The quantitative estimate of drug-likeness (QED) is 0.297. The molecule has 5 rings (SSSR count). The van der Waals surface area contributed by atoms with Crippen molar-refractivity contribution in [3.8, 4) is 0 Å². The van der Waals surface area contributed by atoms with Crippen LogP contribution in [-0.2, 0) is 28.5 Å². The smallest absolute Gasteiger partial charge is 0.337 e. The lowest BCUT2D eigenvalue weighted by Gasteiger charge is -2.51. The van der Waals surface area contributed by atoms with Crippen molar-refractivity contribution in [3.05, 3.63) is 58.7 Å². The van der Waals surface area contributed by atoms with Crippen LogP contribution in [0.3, 0.4) is 0 Å². The number of allylic oxidation sites excluding steroid dienone is 5. The van der Waals surface area contributed by atoms with E-state index >= 15 is 0 Å². The maximum Gasteiger partial charge on any atom is 0.337 e. The lowest BCUT2D eigenvalue weighted by Crippen LogP contribution is -2.59. The average Bonchev–Trinajstić information content (AvgIpc) is 3.21. The van der Waals surface area contributed by atoms with Crippen molar-refractivity contribution in [2.45, 2.75) is 129 Å². The lowest BCUT2D eigenvalue weighted by molar-refractivity contribution is -0.342. The third-order valence-electron chi connectivity index (χ3n) is 10.0. The van der Waals surface area contributed by atoms with Crippen molar-refractivity contribution in [3.63, 3.8) is 0 Å². The van der Waals surface area contributed by atoms with E-state index < -0.39 is 53.7 Å². The summed E-state index contributed by atoms with van der Waals surface area (Å²) in [5, 5.41) is 34.2. The SMILES string of the molecule is CC1=C[C@H]2C(=O)O[C@H]3C[C@@H](C/C=C(\C)C[C@@H](C)/C=C/C=C4/C(=O)O[C@H]([C@@H]1O)[C@@]42O)O[C@]1(C3)C[C@H](O)[C@H](C)[C@@H](/C(C)=C/C(C)C)O1. The Morgan fingerprint density at radius 1 is 1.07 bits per heavy atom. The van der Waals surface area contributed by atoms with Crippen molar-refractivity contribution >= 4 is 11.9 Å². The second-order valence-electron chi connectivity index (χ2n) is 14.4. The third kappa shape index (κ3) is 6.65. The van der Waals surface area contributed by atoms with Crippen molar-refractivity contribution in [2.24, 2.45) is 23.7 Å². The molecule has 45 heavy (non-hydrogen) atoms. The van der Waals surface area contributed by atoms with E-state index in [1.165, 1.54) is 12.2 Å². The molecule has 11 atom stereocenters. The van der Waals surface area contributed by atoms with Gasteiger partial charge in [0.05, 0.1) is 23.9 Å². The van der Waals surface area contributed by atoms with Gasteiger partial charge in [-0.15, -0.1) is 0 Å². The summed E-state index contributed by atoms with van der Waals surface area (Å²) in [5.74, 6) is -3.73. The summed E-state index contributed by atoms with van der Waals surface area (Å²) < 4.78 is 25.1. The highest BCUT2D eigenvalue weighted by Gasteiger charge is 2.64. The fourth-order valence-corrected chi connectivity index (χ4v) is 7.77. The zero-order valence-corrected chi connectivity index (χ0v) is 27.6. The number of aliphatic hydroxyl groups excluding tert-OH is 2. The highest BCUT2D eigenvalue weighted by atomic mass is 16.7. The van der Waals surface area contributed by atoms with E-state index in [0.29, 0.717) is 24.3 Å². The number of carbonyl (C=O) groups excluding carboxylic acids is 2. The number of fused-ring (bicyclic) bond motifs is 2. The first-order valence-electron chi connectivity index (χ1n) is 16.4. The highest BCUT2D eigenvalue weighted by molar-refractivity contribution is 5.97. The Morgan fingerprint density at radius 3 is 2.51 bits per heavy atom. The van der Waals surface area contributed by atoms with Gasteiger partial charge in [0.1, 0.15) is 18.1 Å². The van der Waals surface area contributed by atoms with E-state index in [1.54, 1.807) is 13.0 Å². The Bertz CT molecular complexity index is 1320. The fourth-order valence-electron chi connectivity index (χ4n) is 7.77. The standard InChI is InChI=1S/C36H50O9/c1-19(2)13-23(6)31-24(7)29(37)18-35(45-31)17-26-16-25(44-35)12-11-21(4)14-20(3)9-8-10-27-33(39)43-32-30(38)22(5)15-28(34(40)42-26)36(27,32)41/h8-11,13,15,19-20,24-26,28-32,37-38,41H,12,14,16-18H2,1-7H3/b9-8+,21-11+,23-13+,27-10-/t20-,24-,25+,26-,28-,29-,30+,31+,32+,35-,36+/m0/s1. The van der Waals surface area contributed by atoms with Gasteiger partial charge in [0.25, 0.3) is 0 Å². The fraction of sp³-hybridized carbons (Fsp3) is 0.667. The second kappa shape index (κ2) is 12.9. The Hall–Kier alpha value is -2.56. The van der Waals surface area contributed by atoms with Crippen molar-refractivity contribution in [2.75, 3.05) is 0 Å². The number of aliphatic hydroxyl groups is 3. The molecule has 0 saturated carbocycles. The van der Waals surface area contributed by atoms with Crippen molar-refractivity contribution < 1.29 is 43.9 Å². The van der Waals surface area contributed by atoms with Gasteiger partial charge in [0, 0.05) is 25.2 Å². The van der Waals surface area contributed by atoms with Gasteiger partial charge >= 0.3 is 11.9 Å². The van der Waals surface area contributed by atoms with Crippen LogP contribution in [0.4, 0.5) is 0 Å². The maximum atomic E-state index is 14.0. The molecule has 4 aliphatic heterocycles.